The van der Waals surface area contributed by atoms with Gasteiger partial charge in [-0.15, -0.1) is 0 Å². The second-order valence-electron chi connectivity index (χ2n) is 9.13. The molecule has 0 spiro atoms. The number of hydrogen-bond acceptors (Lipinski definition) is 3. The van der Waals surface area contributed by atoms with Crippen LogP contribution in [0.2, 0.25) is 10.0 Å². The molecule has 190 valence electrons. The van der Waals surface area contributed by atoms with Crippen molar-refractivity contribution in [2.75, 3.05) is 6.61 Å². The van der Waals surface area contributed by atoms with Gasteiger partial charge >= 0.3 is 0 Å². The highest BCUT2D eigenvalue weighted by Gasteiger charge is 2.32. The first-order chi connectivity index (χ1) is 17.2. The third-order valence-electron chi connectivity index (χ3n) is 5.93. The largest absolute Gasteiger partial charge is 0.484 e. The van der Waals surface area contributed by atoms with Gasteiger partial charge in [-0.2, -0.15) is 0 Å². The van der Waals surface area contributed by atoms with E-state index in [9.17, 15) is 9.59 Å². The van der Waals surface area contributed by atoms with E-state index in [1.165, 1.54) is 4.90 Å². The molecule has 0 unspecified atom stereocenters. The van der Waals surface area contributed by atoms with E-state index in [4.69, 9.17) is 27.9 Å². The van der Waals surface area contributed by atoms with Crippen LogP contribution in [0.25, 0.3) is 0 Å². The molecule has 0 heterocycles. The summed E-state index contributed by atoms with van der Waals surface area (Å²) in [5.41, 5.74) is 3.71. The average molecular weight is 527 g/mol. The van der Waals surface area contributed by atoms with Crippen molar-refractivity contribution < 1.29 is 14.3 Å². The number of aryl methyl sites for hydroxylation is 2. The fourth-order valence-electron chi connectivity index (χ4n) is 3.82. The summed E-state index contributed by atoms with van der Waals surface area (Å²) in [5, 5.41) is 3.82. The summed E-state index contributed by atoms with van der Waals surface area (Å²) in [4.78, 5) is 28.6. The molecule has 7 heteroatoms. The quantitative estimate of drug-likeness (QED) is 0.344. The number of amides is 2. The highest BCUT2D eigenvalue weighted by Crippen LogP contribution is 2.27. The number of rotatable bonds is 10. The maximum Gasteiger partial charge on any atom is 0.261 e. The van der Waals surface area contributed by atoms with Crippen molar-refractivity contribution in [1.29, 1.82) is 0 Å². The van der Waals surface area contributed by atoms with Crippen LogP contribution in [0.4, 0.5) is 0 Å². The second kappa shape index (κ2) is 12.8. The third-order valence-corrected chi connectivity index (χ3v) is 6.64. The molecule has 0 bridgehead atoms. The van der Waals surface area contributed by atoms with Crippen molar-refractivity contribution in [2.45, 2.75) is 52.7 Å². The van der Waals surface area contributed by atoms with Gasteiger partial charge in [0.2, 0.25) is 5.91 Å². The van der Waals surface area contributed by atoms with Crippen molar-refractivity contribution in [3.8, 4) is 5.75 Å². The zero-order valence-corrected chi connectivity index (χ0v) is 22.6. The SMILES string of the molecule is Cc1ccc(OCC(=O)N(Cc2c(Cl)cccc2Cl)[C@@H](Cc2ccccc2)C(=O)NC(C)C)cc1C. The summed E-state index contributed by atoms with van der Waals surface area (Å²) in [6, 6.07) is 19.6. The molecular formula is C29H32Cl2N2O3. The van der Waals surface area contributed by atoms with Gasteiger partial charge in [-0.3, -0.25) is 9.59 Å². The Kier molecular flexibility index (Phi) is 9.80. The van der Waals surface area contributed by atoms with Crippen LogP contribution in [0.5, 0.6) is 5.75 Å². The summed E-state index contributed by atoms with van der Waals surface area (Å²) in [6.45, 7) is 7.61. The molecule has 0 saturated heterocycles. The van der Waals surface area contributed by atoms with Crippen molar-refractivity contribution in [2.24, 2.45) is 0 Å². The Hall–Kier alpha value is -3.02. The number of carbonyl (C=O) groups excluding carboxylic acids is 2. The topological polar surface area (TPSA) is 58.6 Å². The van der Waals surface area contributed by atoms with Gasteiger partial charge in [0, 0.05) is 34.6 Å². The van der Waals surface area contributed by atoms with E-state index >= 15 is 0 Å². The zero-order chi connectivity index (χ0) is 26.2. The minimum atomic E-state index is -0.794. The summed E-state index contributed by atoms with van der Waals surface area (Å²) >= 11 is 12.9. The van der Waals surface area contributed by atoms with E-state index < -0.39 is 6.04 Å². The first-order valence-corrected chi connectivity index (χ1v) is 12.7. The molecule has 5 nitrogen and oxygen atoms in total. The van der Waals surface area contributed by atoms with Gasteiger partial charge in [-0.1, -0.05) is 65.7 Å². The minimum Gasteiger partial charge on any atom is -0.484 e. The molecule has 1 atom stereocenters. The monoisotopic (exact) mass is 526 g/mol. The van der Waals surface area contributed by atoms with Crippen molar-refractivity contribution in [1.82, 2.24) is 10.2 Å². The van der Waals surface area contributed by atoms with Gasteiger partial charge in [0.15, 0.2) is 6.61 Å². The predicted octanol–water partition coefficient (Wildman–Crippen LogP) is 6.15. The normalized spacial score (nSPS) is 11.8. The van der Waals surface area contributed by atoms with Gasteiger partial charge in [-0.25, -0.2) is 0 Å². The molecule has 0 aliphatic carbocycles. The zero-order valence-electron chi connectivity index (χ0n) is 21.1. The number of nitrogens with one attached hydrogen (secondary N) is 1. The van der Waals surface area contributed by atoms with Crippen LogP contribution in [0, 0.1) is 13.8 Å². The van der Waals surface area contributed by atoms with Crippen LogP contribution in [0.15, 0.2) is 66.7 Å². The lowest BCUT2D eigenvalue weighted by Crippen LogP contribution is -2.52. The lowest BCUT2D eigenvalue weighted by Gasteiger charge is -2.32. The Morgan fingerprint density at radius 2 is 1.58 bits per heavy atom. The Balaban J connectivity index is 1.96. The molecule has 3 aromatic rings. The van der Waals surface area contributed by atoms with Gasteiger partial charge in [0.25, 0.3) is 5.91 Å². The number of ether oxygens (including phenoxy) is 1. The molecule has 0 saturated carbocycles. The van der Waals surface area contributed by atoms with Gasteiger partial charge in [0.1, 0.15) is 11.8 Å². The lowest BCUT2D eigenvalue weighted by molar-refractivity contribution is -0.143. The number of benzene rings is 3. The summed E-state index contributed by atoms with van der Waals surface area (Å²) in [6.07, 6.45) is 0.330. The van der Waals surface area contributed by atoms with E-state index in [0.717, 1.165) is 16.7 Å². The van der Waals surface area contributed by atoms with E-state index in [0.29, 0.717) is 27.8 Å². The van der Waals surface area contributed by atoms with Crippen LogP contribution in [-0.4, -0.2) is 35.4 Å². The highest BCUT2D eigenvalue weighted by molar-refractivity contribution is 6.36. The van der Waals surface area contributed by atoms with Crippen molar-refractivity contribution in [3.05, 3.63) is 99.0 Å². The maximum atomic E-state index is 13.7. The van der Waals surface area contributed by atoms with Gasteiger partial charge < -0.3 is 15.0 Å². The summed E-state index contributed by atoms with van der Waals surface area (Å²) < 4.78 is 5.86. The second-order valence-corrected chi connectivity index (χ2v) is 9.94. The summed E-state index contributed by atoms with van der Waals surface area (Å²) in [5.74, 6) is -0.00553. The Bertz CT molecular complexity index is 1180. The van der Waals surface area contributed by atoms with Gasteiger partial charge in [0.05, 0.1) is 0 Å². The van der Waals surface area contributed by atoms with Crippen LogP contribution >= 0.6 is 23.2 Å². The number of nitrogens with zero attached hydrogens (tertiary/aromatic N) is 1. The highest BCUT2D eigenvalue weighted by atomic mass is 35.5. The standard InChI is InChI=1S/C29H32Cl2N2O3/c1-19(2)32-29(35)27(16-22-9-6-5-7-10-22)33(17-24-25(30)11-8-12-26(24)31)28(34)18-36-23-14-13-20(3)21(4)15-23/h5-15,19,27H,16-18H2,1-4H3,(H,32,35)/t27-/m0/s1. The fourth-order valence-corrected chi connectivity index (χ4v) is 4.34. The van der Waals surface area contributed by atoms with Crippen molar-refractivity contribution in [3.63, 3.8) is 0 Å². The number of carbonyl (C=O) groups is 2. The first-order valence-electron chi connectivity index (χ1n) is 11.9. The van der Waals surface area contributed by atoms with Crippen LogP contribution in [0.1, 0.15) is 36.1 Å². The maximum absolute atomic E-state index is 13.7. The molecule has 3 rings (SSSR count). The molecule has 0 aromatic heterocycles. The molecule has 0 radical (unpaired) electrons. The smallest absolute Gasteiger partial charge is 0.261 e. The van der Waals surface area contributed by atoms with E-state index in [1.54, 1.807) is 18.2 Å². The predicted molar refractivity (Wildman–Crippen MR) is 146 cm³/mol. The average Bonchev–Trinajstić information content (AvgIpc) is 2.83. The fraction of sp³-hybridized carbons (Fsp3) is 0.310. The Morgan fingerprint density at radius 3 is 2.19 bits per heavy atom. The molecule has 0 aliphatic rings. The number of halogens is 2. The molecule has 0 fully saturated rings. The molecule has 0 aliphatic heterocycles. The molecule has 36 heavy (non-hydrogen) atoms. The van der Waals surface area contributed by atoms with Crippen LogP contribution in [-0.2, 0) is 22.6 Å². The molecule has 3 aromatic carbocycles. The minimum absolute atomic E-state index is 0.0661. The molecule has 2 amide bonds. The first kappa shape index (κ1) is 27.6. The lowest BCUT2D eigenvalue weighted by atomic mass is 10.0. The molecular weight excluding hydrogens is 495 g/mol. The number of hydrogen-bond donors (Lipinski definition) is 1. The summed E-state index contributed by atoms with van der Waals surface area (Å²) in [7, 11) is 0. The molecule has 1 N–H and O–H groups in total. The van der Waals surface area contributed by atoms with E-state index in [1.807, 2.05) is 76.2 Å². The third kappa shape index (κ3) is 7.49. The van der Waals surface area contributed by atoms with Crippen molar-refractivity contribution >= 4 is 35.0 Å². The van der Waals surface area contributed by atoms with Crippen LogP contribution in [0.3, 0.4) is 0 Å². The van der Waals surface area contributed by atoms with E-state index in [2.05, 4.69) is 5.32 Å². The van der Waals surface area contributed by atoms with E-state index in [-0.39, 0.29) is 31.0 Å². The van der Waals surface area contributed by atoms with Crippen LogP contribution < -0.4 is 10.1 Å². The van der Waals surface area contributed by atoms with Gasteiger partial charge in [-0.05, 0) is 68.7 Å². The Labute approximate surface area is 223 Å². The Morgan fingerprint density at radius 1 is 0.917 bits per heavy atom.